The number of aromatic nitrogens is 6. The molecule has 0 atom stereocenters. The molecule has 7 nitrogen and oxygen atoms in total. The van der Waals surface area contributed by atoms with Crippen LogP contribution in [-0.2, 0) is 0 Å². The van der Waals surface area contributed by atoms with E-state index in [1.807, 2.05) is 25.3 Å². The second-order valence-corrected chi connectivity index (χ2v) is 7.29. The van der Waals surface area contributed by atoms with Gasteiger partial charge in [-0.15, -0.1) is 11.3 Å². The van der Waals surface area contributed by atoms with Gasteiger partial charge in [0.1, 0.15) is 5.69 Å². The van der Waals surface area contributed by atoms with Crippen LogP contribution in [0.2, 0.25) is 5.02 Å². The van der Waals surface area contributed by atoms with Crippen molar-refractivity contribution in [3.05, 3.63) is 63.1 Å². The van der Waals surface area contributed by atoms with Crippen LogP contribution in [0.15, 0.2) is 47.0 Å². The molecule has 5 rings (SSSR count). The Morgan fingerprint density at radius 2 is 2.07 bits per heavy atom. The average molecular weight is 395 g/mol. The zero-order valence-electron chi connectivity index (χ0n) is 14.0. The number of hydrogen-bond donors (Lipinski definition) is 1. The van der Waals surface area contributed by atoms with Crippen molar-refractivity contribution in [2.24, 2.45) is 0 Å². The van der Waals surface area contributed by atoms with Gasteiger partial charge in [0.05, 0.1) is 26.4 Å². The van der Waals surface area contributed by atoms with E-state index < -0.39 is 0 Å². The number of H-pyrrole nitrogens is 1. The summed E-state index contributed by atoms with van der Waals surface area (Å²) in [4.78, 5) is 28.8. The number of benzene rings is 1. The third kappa shape index (κ3) is 2.61. The van der Waals surface area contributed by atoms with Gasteiger partial charge in [0.25, 0.3) is 0 Å². The highest BCUT2D eigenvalue weighted by atomic mass is 35.5. The van der Waals surface area contributed by atoms with Crippen LogP contribution < -0.4 is 5.43 Å². The predicted octanol–water partition coefficient (Wildman–Crippen LogP) is 3.74. The first-order valence-electron chi connectivity index (χ1n) is 8.05. The Hall–Kier alpha value is -3.10. The van der Waals surface area contributed by atoms with Gasteiger partial charge in [0.2, 0.25) is 5.43 Å². The van der Waals surface area contributed by atoms with Crippen LogP contribution >= 0.6 is 22.9 Å². The van der Waals surface area contributed by atoms with Crippen LogP contribution in [-0.4, -0.2) is 29.7 Å². The Morgan fingerprint density at radius 1 is 1.19 bits per heavy atom. The molecule has 0 radical (unpaired) electrons. The summed E-state index contributed by atoms with van der Waals surface area (Å²) in [6, 6.07) is 7.04. The number of aryl methyl sites for hydroxylation is 1. The van der Waals surface area contributed by atoms with Crippen LogP contribution in [0.3, 0.4) is 0 Å². The second-order valence-electron chi connectivity index (χ2n) is 5.99. The lowest BCUT2D eigenvalue weighted by atomic mass is 10.1. The summed E-state index contributed by atoms with van der Waals surface area (Å²) in [5.74, 6) is 0.511. The number of rotatable bonds is 2. The molecule has 1 N–H and O–H groups in total. The van der Waals surface area contributed by atoms with Crippen LogP contribution in [0.25, 0.3) is 38.5 Å². The maximum absolute atomic E-state index is 12.3. The minimum Gasteiger partial charge on any atom is -0.345 e. The molecule has 0 spiro atoms. The number of thiazole rings is 1. The van der Waals surface area contributed by atoms with Crippen LogP contribution in [0.5, 0.6) is 0 Å². The second kappa shape index (κ2) is 5.97. The summed E-state index contributed by atoms with van der Waals surface area (Å²) in [6.45, 7) is 1.90. The lowest BCUT2D eigenvalue weighted by Crippen LogP contribution is -2.10. The predicted molar refractivity (Wildman–Crippen MR) is 106 cm³/mol. The molecule has 0 saturated heterocycles. The zero-order valence-corrected chi connectivity index (χ0v) is 15.5. The summed E-state index contributed by atoms with van der Waals surface area (Å²) < 4.78 is 2.58. The van der Waals surface area contributed by atoms with E-state index in [1.54, 1.807) is 22.5 Å². The fourth-order valence-electron chi connectivity index (χ4n) is 2.92. The highest BCUT2D eigenvalue weighted by Crippen LogP contribution is 2.33. The third-order valence-corrected chi connectivity index (χ3v) is 5.23. The van der Waals surface area contributed by atoms with Crippen molar-refractivity contribution in [2.45, 2.75) is 6.92 Å². The van der Waals surface area contributed by atoms with Gasteiger partial charge in [-0.1, -0.05) is 11.6 Å². The highest BCUT2D eigenvalue weighted by molar-refractivity contribution is 7.16. The molecule has 0 bridgehead atoms. The van der Waals surface area contributed by atoms with Gasteiger partial charge >= 0.3 is 0 Å². The molecular formula is C18H11ClN6OS. The minimum atomic E-state index is -0.203. The molecule has 5 aromatic rings. The monoisotopic (exact) mass is 394 g/mol. The first kappa shape index (κ1) is 16.1. The van der Waals surface area contributed by atoms with Gasteiger partial charge in [0.15, 0.2) is 17.0 Å². The van der Waals surface area contributed by atoms with E-state index in [9.17, 15) is 4.79 Å². The van der Waals surface area contributed by atoms with E-state index in [0.29, 0.717) is 22.2 Å². The number of hydrogen-bond acceptors (Lipinski definition) is 6. The van der Waals surface area contributed by atoms with Crippen LogP contribution in [0, 0.1) is 6.92 Å². The molecule has 1 aromatic carbocycles. The van der Waals surface area contributed by atoms with Crippen molar-refractivity contribution in [3.8, 4) is 17.1 Å². The van der Waals surface area contributed by atoms with Crippen LogP contribution in [0.4, 0.5) is 0 Å². The lowest BCUT2D eigenvalue weighted by molar-refractivity contribution is 0.832. The number of pyridine rings is 1. The van der Waals surface area contributed by atoms with E-state index in [0.717, 1.165) is 21.5 Å². The molecule has 4 heterocycles. The van der Waals surface area contributed by atoms with E-state index in [2.05, 4.69) is 25.0 Å². The summed E-state index contributed by atoms with van der Waals surface area (Å²) in [6.07, 6.45) is 3.36. The largest absolute Gasteiger partial charge is 0.345 e. The van der Waals surface area contributed by atoms with Crippen molar-refractivity contribution >= 4 is 44.3 Å². The first-order valence-corrected chi connectivity index (χ1v) is 9.31. The standard InChI is InChI=1S/C18H11ClN6OS/c1-9-3-5-25(24-9)18-14(22-16-12(26)2-4-20-17(16)23-18)10-6-11(19)15-13(7-10)27-8-21-15/h2-8H,1H3,(H,20,23,26). The Kier molecular flexibility index (Phi) is 3.56. The smallest absolute Gasteiger partial charge is 0.209 e. The van der Waals surface area contributed by atoms with Crippen molar-refractivity contribution in [2.75, 3.05) is 0 Å². The van der Waals surface area contributed by atoms with Crippen molar-refractivity contribution < 1.29 is 0 Å². The van der Waals surface area contributed by atoms with Gasteiger partial charge in [0, 0.05) is 24.0 Å². The maximum Gasteiger partial charge on any atom is 0.209 e. The fourth-order valence-corrected chi connectivity index (χ4v) is 3.99. The van der Waals surface area contributed by atoms with Gasteiger partial charge in [-0.25, -0.2) is 19.6 Å². The summed E-state index contributed by atoms with van der Waals surface area (Å²) >= 11 is 7.90. The van der Waals surface area contributed by atoms with Gasteiger partial charge in [-0.2, -0.15) is 5.10 Å². The maximum atomic E-state index is 12.3. The molecule has 0 aliphatic heterocycles. The Bertz CT molecular complexity index is 1390. The van der Waals surface area contributed by atoms with Gasteiger partial charge in [-0.3, -0.25) is 4.79 Å². The number of nitrogens with one attached hydrogen (secondary N) is 1. The number of aromatic amines is 1. The van der Waals surface area contributed by atoms with Gasteiger partial charge < -0.3 is 4.98 Å². The molecule has 0 saturated carbocycles. The molecule has 0 fully saturated rings. The molecule has 132 valence electrons. The third-order valence-electron chi connectivity index (χ3n) is 4.17. The molecule has 27 heavy (non-hydrogen) atoms. The summed E-state index contributed by atoms with van der Waals surface area (Å²) in [7, 11) is 0. The first-order chi connectivity index (χ1) is 13.1. The summed E-state index contributed by atoms with van der Waals surface area (Å²) in [5, 5.41) is 4.97. The Labute approximate surface area is 161 Å². The van der Waals surface area contributed by atoms with Gasteiger partial charge in [-0.05, 0) is 25.1 Å². The zero-order chi connectivity index (χ0) is 18.5. The lowest BCUT2D eigenvalue weighted by Gasteiger charge is -2.10. The van der Waals surface area contributed by atoms with Crippen molar-refractivity contribution in [1.82, 2.24) is 29.7 Å². The molecule has 4 aromatic heterocycles. The van der Waals surface area contributed by atoms with E-state index in [4.69, 9.17) is 11.6 Å². The van der Waals surface area contributed by atoms with E-state index in [-0.39, 0.29) is 10.9 Å². The SMILES string of the molecule is Cc1ccn(-c2nc3[nH]ccc(=O)c3nc2-c2cc(Cl)c3ncsc3c2)n1. The molecule has 0 amide bonds. The highest BCUT2D eigenvalue weighted by Gasteiger charge is 2.17. The van der Waals surface area contributed by atoms with E-state index in [1.165, 1.54) is 17.4 Å². The Morgan fingerprint density at radius 3 is 2.89 bits per heavy atom. The normalized spacial score (nSPS) is 11.5. The average Bonchev–Trinajstić information content (AvgIpc) is 3.30. The Balaban J connectivity index is 1.88. The summed E-state index contributed by atoms with van der Waals surface area (Å²) in [5.41, 5.74) is 5.08. The van der Waals surface area contributed by atoms with E-state index >= 15 is 0 Å². The van der Waals surface area contributed by atoms with Crippen LogP contribution in [0.1, 0.15) is 5.69 Å². The quantitative estimate of drug-likeness (QED) is 0.492. The molecular weight excluding hydrogens is 384 g/mol. The molecule has 0 aliphatic rings. The number of fused-ring (bicyclic) bond motifs is 2. The minimum absolute atomic E-state index is 0.203. The molecule has 9 heteroatoms. The number of halogens is 1. The molecule has 0 aliphatic carbocycles. The van der Waals surface area contributed by atoms with Crippen molar-refractivity contribution in [3.63, 3.8) is 0 Å². The van der Waals surface area contributed by atoms with Crippen molar-refractivity contribution in [1.29, 1.82) is 0 Å². The topological polar surface area (TPSA) is 89.4 Å². The fraction of sp³-hybridized carbons (Fsp3) is 0.0556. The number of nitrogens with zero attached hydrogens (tertiary/aromatic N) is 5. The molecule has 0 unspecified atom stereocenters.